The summed E-state index contributed by atoms with van der Waals surface area (Å²) < 4.78 is 31.8. The summed E-state index contributed by atoms with van der Waals surface area (Å²) in [4.78, 5) is 9.89. The van der Waals surface area contributed by atoms with Crippen molar-refractivity contribution in [3.05, 3.63) is 33.9 Å². The molecule has 20 heavy (non-hydrogen) atoms. The lowest BCUT2D eigenvalue weighted by Crippen LogP contribution is -2.09. The van der Waals surface area contributed by atoms with E-state index in [0.29, 0.717) is 31.6 Å². The topological polar surface area (TPSA) is 64.4 Å². The average Bonchev–Trinajstić information content (AvgIpc) is 3.16. The molecule has 1 N–H and O–H groups in total. The van der Waals surface area contributed by atoms with Gasteiger partial charge in [0.15, 0.2) is 0 Å². The van der Waals surface area contributed by atoms with Crippen molar-refractivity contribution in [1.82, 2.24) is 0 Å². The Morgan fingerprint density at radius 3 is 2.80 bits per heavy atom. The van der Waals surface area contributed by atoms with Crippen LogP contribution in [-0.2, 0) is 4.74 Å². The molecule has 1 fully saturated rings. The van der Waals surface area contributed by atoms with Crippen LogP contribution in [0.5, 0.6) is 0 Å². The summed E-state index contributed by atoms with van der Waals surface area (Å²) >= 11 is 0. The molecule has 1 aliphatic rings. The Bertz CT molecular complexity index is 493. The van der Waals surface area contributed by atoms with Crippen LogP contribution in [0.4, 0.5) is 20.2 Å². The lowest BCUT2D eigenvalue weighted by atomic mass is 10.2. The molecule has 0 atom stereocenters. The number of nitrogens with zero attached hydrogens (tertiary/aromatic N) is 1. The maximum atomic E-state index is 13.3. The Hall–Kier alpha value is -1.76. The Morgan fingerprint density at radius 2 is 2.15 bits per heavy atom. The third kappa shape index (κ3) is 4.12. The van der Waals surface area contributed by atoms with Crippen LogP contribution < -0.4 is 5.32 Å². The minimum absolute atomic E-state index is 0.144. The van der Waals surface area contributed by atoms with Gasteiger partial charge in [-0.25, -0.2) is 4.39 Å². The number of benzene rings is 1. The summed E-state index contributed by atoms with van der Waals surface area (Å²) in [5.74, 6) is -1.34. The zero-order chi connectivity index (χ0) is 14.5. The van der Waals surface area contributed by atoms with Crippen molar-refractivity contribution in [1.29, 1.82) is 0 Å². The fraction of sp³-hybridized carbons (Fsp3) is 0.538. The molecule has 0 bridgehead atoms. The van der Waals surface area contributed by atoms with Crippen molar-refractivity contribution in [2.45, 2.75) is 19.3 Å². The van der Waals surface area contributed by atoms with Crippen LogP contribution in [0.15, 0.2) is 12.1 Å². The Labute approximate surface area is 115 Å². The van der Waals surface area contributed by atoms with Crippen LogP contribution in [0.25, 0.3) is 0 Å². The molecule has 1 saturated carbocycles. The predicted octanol–water partition coefficient (Wildman–Crippen LogP) is 3.10. The van der Waals surface area contributed by atoms with Gasteiger partial charge in [0.25, 0.3) is 0 Å². The van der Waals surface area contributed by atoms with E-state index in [1.54, 1.807) is 0 Å². The van der Waals surface area contributed by atoms with E-state index in [9.17, 15) is 18.9 Å². The number of rotatable bonds is 8. The molecule has 0 spiro atoms. The predicted molar refractivity (Wildman–Crippen MR) is 69.7 cm³/mol. The van der Waals surface area contributed by atoms with Crippen LogP contribution in [0.3, 0.4) is 0 Å². The first-order chi connectivity index (χ1) is 9.58. The number of hydrogen-bond donors (Lipinski definition) is 1. The molecule has 1 aromatic rings. The molecule has 0 unspecified atom stereocenters. The first kappa shape index (κ1) is 14.6. The molecule has 0 saturated heterocycles. The van der Waals surface area contributed by atoms with Gasteiger partial charge in [0.05, 0.1) is 4.92 Å². The van der Waals surface area contributed by atoms with Gasteiger partial charge in [0.2, 0.25) is 5.82 Å². The molecule has 0 radical (unpaired) electrons. The van der Waals surface area contributed by atoms with Crippen molar-refractivity contribution >= 4 is 11.4 Å². The zero-order valence-electron chi connectivity index (χ0n) is 10.9. The number of anilines is 1. The second-order valence-corrected chi connectivity index (χ2v) is 4.84. The largest absolute Gasteiger partial charge is 0.381 e. The van der Waals surface area contributed by atoms with Crippen molar-refractivity contribution in [3.63, 3.8) is 0 Å². The minimum Gasteiger partial charge on any atom is -0.381 e. The van der Waals surface area contributed by atoms with E-state index in [4.69, 9.17) is 4.74 Å². The number of halogens is 2. The van der Waals surface area contributed by atoms with E-state index >= 15 is 0 Å². The summed E-state index contributed by atoms with van der Waals surface area (Å²) in [5.41, 5.74) is -0.875. The SMILES string of the molecule is O=[N+]([O-])c1c(F)cc(F)cc1NCCCOCC1CC1. The van der Waals surface area contributed by atoms with Crippen LogP contribution in [0.1, 0.15) is 19.3 Å². The first-order valence-electron chi connectivity index (χ1n) is 6.53. The molecule has 0 aromatic heterocycles. The van der Waals surface area contributed by atoms with Gasteiger partial charge in [-0.1, -0.05) is 0 Å². The second-order valence-electron chi connectivity index (χ2n) is 4.84. The van der Waals surface area contributed by atoms with Gasteiger partial charge in [-0.2, -0.15) is 4.39 Å². The molecule has 0 heterocycles. The third-order valence-corrected chi connectivity index (χ3v) is 3.04. The second kappa shape index (κ2) is 6.60. The third-order valence-electron chi connectivity index (χ3n) is 3.04. The number of nitro groups is 1. The van der Waals surface area contributed by atoms with Crippen molar-refractivity contribution < 1.29 is 18.4 Å². The fourth-order valence-corrected chi connectivity index (χ4v) is 1.82. The van der Waals surface area contributed by atoms with Crippen LogP contribution >= 0.6 is 0 Å². The summed E-state index contributed by atoms with van der Waals surface area (Å²) in [5, 5.41) is 13.4. The quantitative estimate of drug-likeness (QED) is 0.453. The van der Waals surface area contributed by atoms with E-state index in [1.165, 1.54) is 12.8 Å². The molecule has 1 aliphatic carbocycles. The van der Waals surface area contributed by atoms with Gasteiger partial charge < -0.3 is 10.1 Å². The summed E-state index contributed by atoms with van der Waals surface area (Å²) in [7, 11) is 0. The maximum absolute atomic E-state index is 13.3. The smallest absolute Gasteiger partial charge is 0.327 e. The monoisotopic (exact) mass is 286 g/mol. The maximum Gasteiger partial charge on any atom is 0.327 e. The van der Waals surface area contributed by atoms with Crippen molar-refractivity contribution in [2.75, 3.05) is 25.1 Å². The molecule has 0 amide bonds. The van der Waals surface area contributed by atoms with E-state index < -0.39 is 22.2 Å². The highest BCUT2D eigenvalue weighted by Gasteiger charge is 2.22. The minimum atomic E-state index is -1.18. The van der Waals surface area contributed by atoms with E-state index in [-0.39, 0.29) is 5.69 Å². The normalized spacial score (nSPS) is 14.3. The average molecular weight is 286 g/mol. The van der Waals surface area contributed by atoms with Gasteiger partial charge in [-0.15, -0.1) is 0 Å². The lowest BCUT2D eigenvalue weighted by molar-refractivity contribution is -0.386. The first-order valence-corrected chi connectivity index (χ1v) is 6.53. The van der Waals surface area contributed by atoms with Gasteiger partial charge in [-0.05, 0) is 25.2 Å². The van der Waals surface area contributed by atoms with Gasteiger partial charge in [0, 0.05) is 31.9 Å². The molecule has 1 aromatic carbocycles. The van der Waals surface area contributed by atoms with Gasteiger partial charge in [0.1, 0.15) is 11.5 Å². The Kier molecular flexibility index (Phi) is 4.84. The number of nitrogens with one attached hydrogen (secondary N) is 1. The summed E-state index contributed by atoms with van der Waals surface area (Å²) in [6.45, 7) is 1.62. The van der Waals surface area contributed by atoms with Crippen LogP contribution in [0, 0.1) is 27.7 Å². The number of hydrogen-bond acceptors (Lipinski definition) is 4. The standard InChI is InChI=1S/C13H16F2N2O3/c14-10-6-11(15)13(17(18)19)12(7-10)16-4-1-5-20-8-9-2-3-9/h6-7,9,16H,1-5,8H2. The van der Waals surface area contributed by atoms with E-state index in [1.807, 2.05) is 0 Å². The number of nitro benzene ring substituents is 1. The summed E-state index contributed by atoms with van der Waals surface area (Å²) in [6, 6.07) is 1.42. The fourth-order valence-electron chi connectivity index (χ4n) is 1.82. The van der Waals surface area contributed by atoms with Gasteiger partial charge >= 0.3 is 5.69 Å². The molecular formula is C13H16F2N2O3. The Balaban J connectivity index is 1.82. The van der Waals surface area contributed by atoms with Crippen molar-refractivity contribution in [3.8, 4) is 0 Å². The molecule has 7 heteroatoms. The molecule has 0 aliphatic heterocycles. The molecule has 2 rings (SSSR count). The van der Waals surface area contributed by atoms with Crippen LogP contribution in [-0.4, -0.2) is 24.7 Å². The van der Waals surface area contributed by atoms with Crippen molar-refractivity contribution in [2.24, 2.45) is 5.92 Å². The zero-order valence-corrected chi connectivity index (χ0v) is 10.9. The highest BCUT2D eigenvalue weighted by molar-refractivity contribution is 5.62. The van der Waals surface area contributed by atoms with Crippen LogP contribution in [0.2, 0.25) is 0 Å². The molecule has 110 valence electrons. The van der Waals surface area contributed by atoms with E-state index in [2.05, 4.69) is 5.32 Å². The highest BCUT2D eigenvalue weighted by Crippen LogP contribution is 2.29. The number of ether oxygens (including phenoxy) is 1. The summed E-state index contributed by atoms with van der Waals surface area (Å²) in [6.07, 6.45) is 3.04. The Morgan fingerprint density at radius 1 is 1.40 bits per heavy atom. The van der Waals surface area contributed by atoms with Gasteiger partial charge in [-0.3, -0.25) is 10.1 Å². The molecular weight excluding hydrogens is 270 g/mol. The highest BCUT2D eigenvalue weighted by atomic mass is 19.1. The lowest BCUT2D eigenvalue weighted by Gasteiger charge is -2.08. The van der Waals surface area contributed by atoms with E-state index in [0.717, 1.165) is 12.7 Å². The molecule has 5 nitrogen and oxygen atoms in total.